The Morgan fingerprint density at radius 3 is 2.28 bits per heavy atom. The van der Waals surface area contributed by atoms with Crippen LogP contribution in [-0.4, -0.2) is 6.54 Å². The van der Waals surface area contributed by atoms with E-state index < -0.39 is 0 Å². The minimum atomic E-state index is 0.926. The van der Waals surface area contributed by atoms with E-state index in [4.69, 9.17) is 6.42 Å². The van der Waals surface area contributed by atoms with Gasteiger partial charge in [0, 0.05) is 6.54 Å². The lowest BCUT2D eigenvalue weighted by Crippen LogP contribution is -2.04. The van der Waals surface area contributed by atoms with Crippen molar-refractivity contribution in [3.63, 3.8) is 0 Å². The van der Waals surface area contributed by atoms with Crippen molar-refractivity contribution in [1.82, 2.24) is 5.32 Å². The normalized spacial score (nSPS) is 12.7. The van der Waals surface area contributed by atoms with Gasteiger partial charge in [0.15, 0.2) is 0 Å². The van der Waals surface area contributed by atoms with Gasteiger partial charge >= 0.3 is 0 Å². The number of hydrogen-bond acceptors (Lipinski definition) is 1. The molecule has 0 unspecified atom stereocenters. The summed E-state index contributed by atoms with van der Waals surface area (Å²) in [6.45, 7) is 11.3. The average Bonchev–Trinajstić information content (AvgIpc) is 3.11. The third kappa shape index (κ3) is 4.43. The maximum atomic E-state index is 5.56. The van der Waals surface area contributed by atoms with E-state index in [9.17, 15) is 0 Å². The highest BCUT2D eigenvalue weighted by Crippen LogP contribution is 2.31. The zero-order chi connectivity index (χ0) is 18.2. The topological polar surface area (TPSA) is 12.0 Å². The summed E-state index contributed by atoms with van der Waals surface area (Å²) in [5, 5.41) is 3.26. The van der Waals surface area contributed by atoms with Gasteiger partial charge in [-0.15, -0.1) is 6.42 Å². The molecule has 128 valence electrons. The Balaban J connectivity index is 0.000000701. The number of rotatable bonds is 3. The van der Waals surface area contributed by atoms with Crippen molar-refractivity contribution in [2.45, 2.75) is 33.6 Å². The van der Waals surface area contributed by atoms with Crippen molar-refractivity contribution >= 4 is 11.1 Å². The molecule has 0 aromatic heterocycles. The number of allylic oxidation sites excluding steroid dienone is 2. The van der Waals surface area contributed by atoms with E-state index in [0.717, 1.165) is 24.2 Å². The van der Waals surface area contributed by atoms with Crippen LogP contribution in [0.25, 0.3) is 22.3 Å². The van der Waals surface area contributed by atoms with E-state index in [0.29, 0.717) is 0 Å². The Kier molecular flexibility index (Phi) is 6.66. The summed E-state index contributed by atoms with van der Waals surface area (Å²) in [6, 6.07) is 17.0. The van der Waals surface area contributed by atoms with Crippen molar-refractivity contribution in [3.05, 3.63) is 71.9 Å². The quantitative estimate of drug-likeness (QED) is 0.667. The van der Waals surface area contributed by atoms with Crippen LogP contribution in [0.4, 0.5) is 0 Å². The first kappa shape index (κ1) is 18.6. The van der Waals surface area contributed by atoms with Gasteiger partial charge in [0.2, 0.25) is 0 Å². The summed E-state index contributed by atoms with van der Waals surface area (Å²) < 4.78 is 0. The van der Waals surface area contributed by atoms with Crippen LogP contribution in [0.15, 0.2) is 60.8 Å². The Morgan fingerprint density at radius 2 is 1.68 bits per heavy atom. The summed E-state index contributed by atoms with van der Waals surface area (Å²) in [5.74, 6) is 2.74. The summed E-state index contributed by atoms with van der Waals surface area (Å²) in [7, 11) is 0. The maximum Gasteiger partial charge on any atom is 0.0889 e. The fourth-order valence-electron chi connectivity index (χ4n) is 2.93. The SMILES string of the molecule is C#CC1=C(c2ccc(-c3ccccc3C(=C)C)cc2)CCN1.CCC. The van der Waals surface area contributed by atoms with E-state index in [1.807, 2.05) is 6.92 Å². The monoisotopic (exact) mass is 329 g/mol. The van der Waals surface area contributed by atoms with Crippen molar-refractivity contribution in [2.75, 3.05) is 6.54 Å². The molecule has 3 rings (SSSR count). The van der Waals surface area contributed by atoms with Gasteiger partial charge in [-0.3, -0.25) is 0 Å². The molecule has 0 saturated carbocycles. The highest BCUT2D eigenvalue weighted by atomic mass is 14.9. The molecule has 2 aromatic rings. The van der Waals surface area contributed by atoms with Gasteiger partial charge in [0.05, 0.1) is 5.70 Å². The summed E-state index contributed by atoms with van der Waals surface area (Å²) >= 11 is 0. The second kappa shape index (κ2) is 8.94. The molecule has 0 radical (unpaired) electrons. The Labute approximate surface area is 152 Å². The molecule has 1 aliphatic heterocycles. The molecule has 0 saturated heterocycles. The molecule has 1 heterocycles. The van der Waals surface area contributed by atoms with E-state index in [1.54, 1.807) is 0 Å². The molecule has 0 amide bonds. The van der Waals surface area contributed by atoms with Crippen LogP contribution in [0.2, 0.25) is 0 Å². The van der Waals surface area contributed by atoms with E-state index >= 15 is 0 Å². The fourth-order valence-corrected chi connectivity index (χ4v) is 2.93. The number of benzene rings is 2. The average molecular weight is 329 g/mol. The van der Waals surface area contributed by atoms with E-state index in [1.165, 1.54) is 34.2 Å². The molecular formula is C24H27N. The third-order valence-electron chi connectivity index (χ3n) is 4.05. The summed E-state index contributed by atoms with van der Waals surface area (Å²) in [6.07, 6.45) is 7.79. The first-order chi connectivity index (χ1) is 12.1. The predicted octanol–water partition coefficient (Wildman–Crippen LogP) is 6.14. The van der Waals surface area contributed by atoms with Gasteiger partial charge in [-0.1, -0.05) is 86.9 Å². The Morgan fingerprint density at radius 1 is 1.08 bits per heavy atom. The van der Waals surface area contributed by atoms with Crippen molar-refractivity contribution in [2.24, 2.45) is 0 Å². The zero-order valence-corrected chi connectivity index (χ0v) is 15.5. The molecule has 1 N–H and O–H groups in total. The van der Waals surface area contributed by atoms with E-state index in [-0.39, 0.29) is 0 Å². The smallest absolute Gasteiger partial charge is 0.0889 e. The molecule has 0 spiro atoms. The molecule has 0 bridgehead atoms. The van der Waals surface area contributed by atoms with Gasteiger partial charge in [-0.2, -0.15) is 0 Å². The lowest BCUT2D eigenvalue weighted by molar-refractivity contribution is 0.899. The minimum Gasteiger partial charge on any atom is -0.378 e. The van der Waals surface area contributed by atoms with Crippen LogP contribution in [0.5, 0.6) is 0 Å². The summed E-state index contributed by atoms with van der Waals surface area (Å²) in [5.41, 5.74) is 8.07. The zero-order valence-electron chi connectivity index (χ0n) is 15.5. The molecule has 25 heavy (non-hydrogen) atoms. The third-order valence-corrected chi connectivity index (χ3v) is 4.05. The van der Waals surface area contributed by atoms with Crippen LogP contribution in [0.1, 0.15) is 44.7 Å². The standard InChI is InChI=1S/C21H19N.C3H8/c1-4-21-20(13-14-22-21)17-11-9-16(10-12-17)19-8-6-5-7-18(19)15(2)3;1-3-2/h1,5-12,22H,2,13-14H2,3H3;3H2,1-2H3. The largest absolute Gasteiger partial charge is 0.378 e. The van der Waals surface area contributed by atoms with Gasteiger partial charge < -0.3 is 5.32 Å². The second-order valence-corrected chi connectivity index (χ2v) is 6.29. The van der Waals surface area contributed by atoms with Crippen molar-refractivity contribution in [1.29, 1.82) is 0 Å². The maximum absolute atomic E-state index is 5.56. The lowest BCUT2D eigenvalue weighted by Gasteiger charge is -2.10. The highest BCUT2D eigenvalue weighted by molar-refractivity contribution is 5.81. The van der Waals surface area contributed by atoms with Crippen LogP contribution in [0.3, 0.4) is 0 Å². The molecule has 1 heteroatoms. The molecule has 0 atom stereocenters. The first-order valence-corrected chi connectivity index (χ1v) is 8.91. The van der Waals surface area contributed by atoms with Crippen molar-refractivity contribution < 1.29 is 0 Å². The molecule has 0 fully saturated rings. The Hall–Kier alpha value is -2.72. The number of terminal acetylenes is 1. The minimum absolute atomic E-state index is 0.926. The van der Waals surface area contributed by atoms with Crippen molar-refractivity contribution in [3.8, 4) is 23.5 Å². The van der Waals surface area contributed by atoms with Crippen LogP contribution in [-0.2, 0) is 0 Å². The van der Waals surface area contributed by atoms with Crippen LogP contribution < -0.4 is 5.32 Å². The molecule has 1 nitrogen and oxygen atoms in total. The van der Waals surface area contributed by atoms with Gasteiger partial charge in [0.25, 0.3) is 0 Å². The molecule has 0 aliphatic carbocycles. The lowest BCUT2D eigenvalue weighted by atomic mass is 9.94. The van der Waals surface area contributed by atoms with Gasteiger partial charge in [-0.25, -0.2) is 0 Å². The van der Waals surface area contributed by atoms with Gasteiger partial charge in [-0.05, 0) is 41.2 Å². The molecular weight excluding hydrogens is 302 g/mol. The fraction of sp³-hybridized carbons (Fsp3) is 0.250. The van der Waals surface area contributed by atoms with Crippen LogP contribution in [0, 0.1) is 12.3 Å². The molecule has 2 aromatic carbocycles. The first-order valence-electron chi connectivity index (χ1n) is 8.91. The van der Waals surface area contributed by atoms with E-state index in [2.05, 4.69) is 80.2 Å². The highest BCUT2D eigenvalue weighted by Gasteiger charge is 2.14. The Bertz CT molecular complexity index is 801. The van der Waals surface area contributed by atoms with Gasteiger partial charge in [0.1, 0.15) is 0 Å². The number of nitrogens with one attached hydrogen (secondary N) is 1. The van der Waals surface area contributed by atoms with Crippen LogP contribution >= 0.6 is 0 Å². The predicted molar refractivity (Wildman–Crippen MR) is 111 cm³/mol. The summed E-state index contributed by atoms with van der Waals surface area (Å²) in [4.78, 5) is 0. The number of hydrogen-bond donors (Lipinski definition) is 1. The second-order valence-electron chi connectivity index (χ2n) is 6.29. The molecule has 1 aliphatic rings.